The molecule has 0 unspecified atom stereocenters. The van der Waals surface area contributed by atoms with Gasteiger partial charge in [0.2, 0.25) is 0 Å². The summed E-state index contributed by atoms with van der Waals surface area (Å²) in [6.07, 6.45) is 0.859. The molecule has 0 aromatic carbocycles. The van der Waals surface area contributed by atoms with E-state index in [0.29, 0.717) is 43.4 Å². The van der Waals surface area contributed by atoms with Crippen LogP contribution in [0.1, 0.15) is 77.5 Å². The summed E-state index contributed by atoms with van der Waals surface area (Å²) in [7, 11) is 0. The number of thiazole rings is 1. The van der Waals surface area contributed by atoms with Crippen LogP contribution in [0.4, 0.5) is 5.13 Å². The number of aromatic amines is 1. The first-order valence-corrected chi connectivity index (χ1v) is 13.3. The Morgan fingerprint density at radius 1 is 1.19 bits per heavy atom. The van der Waals surface area contributed by atoms with Crippen molar-refractivity contribution < 1.29 is 23.9 Å². The van der Waals surface area contributed by atoms with E-state index < -0.39 is 11.9 Å². The number of esters is 1. The molecule has 3 heterocycles. The number of rotatable bonds is 10. The summed E-state index contributed by atoms with van der Waals surface area (Å²) in [5.41, 5.74) is 0.753. The van der Waals surface area contributed by atoms with Gasteiger partial charge in [0.25, 0.3) is 11.8 Å². The first-order valence-electron chi connectivity index (χ1n) is 12.1. The summed E-state index contributed by atoms with van der Waals surface area (Å²) in [5, 5.41) is 6.59. The average Bonchev–Trinajstić information content (AvgIpc) is 3.44. The van der Waals surface area contributed by atoms with Crippen LogP contribution in [0.25, 0.3) is 0 Å². The predicted octanol–water partition coefficient (Wildman–Crippen LogP) is 2.81. The van der Waals surface area contributed by atoms with Crippen molar-refractivity contribution in [3.05, 3.63) is 27.2 Å². The topological polar surface area (TPSA) is 139 Å². The maximum absolute atomic E-state index is 12.8. The summed E-state index contributed by atoms with van der Waals surface area (Å²) in [5.74, 6) is -1.20. The molecular formula is C23H33ClN6O5S. The Morgan fingerprint density at radius 2 is 1.94 bits per heavy atom. The van der Waals surface area contributed by atoms with Gasteiger partial charge in [0.1, 0.15) is 4.88 Å². The van der Waals surface area contributed by atoms with Crippen molar-refractivity contribution >= 4 is 45.9 Å². The van der Waals surface area contributed by atoms with E-state index >= 15 is 0 Å². The van der Waals surface area contributed by atoms with Gasteiger partial charge >= 0.3 is 5.97 Å². The first kappa shape index (κ1) is 27.9. The smallest absolute Gasteiger partial charge is 0.350 e. The molecule has 2 aromatic heterocycles. The van der Waals surface area contributed by atoms with Crippen LogP contribution < -0.4 is 15.5 Å². The largest absolute Gasteiger partial charge is 0.462 e. The molecule has 0 bridgehead atoms. The van der Waals surface area contributed by atoms with Gasteiger partial charge in [-0.2, -0.15) is 0 Å². The second kappa shape index (κ2) is 12.5. The second-order valence-electron chi connectivity index (χ2n) is 8.54. The third kappa shape index (κ3) is 6.54. The van der Waals surface area contributed by atoms with E-state index in [1.165, 1.54) is 0 Å². The van der Waals surface area contributed by atoms with E-state index in [2.05, 4.69) is 25.6 Å². The molecule has 1 aliphatic heterocycles. The van der Waals surface area contributed by atoms with Gasteiger partial charge in [-0.15, -0.1) is 0 Å². The Hall–Kier alpha value is -2.70. The number of halogens is 1. The van der Waals surface area contributed by atoms with Gasteiger partial charge < -0.3 is 30.0 Å². The SMILES string of the molecule is CCOC(=O)c1sc(N2CC[C@H](NC(=O)c3nc(Cl)c(CC)[nH]3)[C@H](OCC)C2)nc1C(=O)NC(C)C. The highest BCUT2D eigenvalue weighted by molar-refractivity contribution is 7.17. The monoisotopic (exact) mass is 540 g/mol. The van der Waals surface area contributed by atoms with Crippen molar-refractivity contribution in [1.82, 2.24) is 25.6 Å². The number of carbonyl (C=O) groups excluding carboxylic acids is 3. The lowest BCUT2D eigenvalue weighted by Gasteiger charge is -2.38. The fourth-order valence-electron chi connectivity index (χ4n) is 3.87. The Labute approximate surface area is 219 Å². The molecule has 1 saturated heterocycles. The number of nitrogens with zero attached hydrogens (tertiary/aromatic N) is 3. The molecule has 2 aromatic rings. The molecule has 0 radical (unpaired) electrons. The molecule has 13 heteroatoms. The van der Waals surface area contributed by atoms with E-state index in [1.807, 2.05) is 32.6 Å². The van der Waals surface area contributed by atoms with Gasteiger partial charge in [-0.3, -0.25) is 9.59 Å². The van der Waals surface area contributed by atoms with Crippen molar-refractivity contribution in [3.63, 3.8) is 0 Å². The van der Waals surface area contributed by atoms with Crippen molar-refractivity contribution in [2.45, 2.75) is 65.6 Å². The molecule has 198 valence electrons. The number of amides is 2. The van der Waals surface area contributed by atoms with E-state index in [9.17, 15) is 14.4 Å². The molecule has 1 aliphatic rings. The minimum atomic E-state index is -0.581. The van der Waals surface area contributed by atoms with Gasteiger partial charge in [0, 0.05) is 25.7 Å². The number of aromatic nitrogens is 3. The van der Waals surface area contributed by atoms with Gasteiger partial charge in [-0.25, -0.2) is 14.8 Å². The van der Waals surface area contributed by atoms with Crippen LogP contribution in [0.5, 0.6) is 0 Å². The maximum atomic E-state index is 12.8. The molecular weight excluding hydrogens is 508 g/mol. The standard InChI is InChI=1S/C23H33ClN6O5S/c1-6-13-18(24)29-19(26-13)21(32)27-14-9-10-30(11-15(14)34-7-2)23-28-16(20(31)25-12(4)5)17(36-23)22(33)35-8-3/h12,14-15H,6-11H2,1-5H3,(H,25,31)(H,26,29)(H,27,32)/t14-,15+/m0/s1. The maximum Gasteiger partial charge on any atom is 0.350 e. The van der Waals surface area contributed by atoms with Crippen molar-refractivity contribution in [3.8, 4) is 0 Å². The fourth-order valence-corrected chi connectivity index (χ4v) is 5.13. The second-order valence-corrected chi connectivity index (χ2v) is 9.88. The van der Waals surface area contributed by atoms with E-state index in [4.69, 9.17) is 21.1 Å². The summed E-state index contributed by atoms with van der Waals surface area (Å²) in [6, 6.07) is -0.382. The number of hydrogen-bond donors (Lipinski definition) is 3. The average molecular weight is 541 g/mol. The molecule has 3 N–H and O–H groups in total. The van der Waals surface area contributed by atoms with Crippen LogP contribution in [-0.4, -0.2) is 77.2 Å². The van der Waals surface area contributed by atoms with E-state index in [0.717, 1.165) is 11.3 Å². The third-order valence-corrected chi connectivity index (χ3v) is 6.94. The van der Waals surface area contributed by atoms with Gasteiger partial charge in [0.15, 0.2) is 21.8 Å². The zero-order valence-electron chi connectivity index (χ0n) is 21.1. The zero-order chi connectivity index (χ0) is 26.4. The number of H-pyrrole nitrogens is 1. The number of nitrogens with one attached hydrogen (secondary N) is 3. The van der Waals surface area contributed by atoms with Gasteiger partial charge in [-0.1, -0.05) is 29.9 Å². The van der Waals surface area contributed by atoms with E-state index in [-0.39, 0.29) is 52.3 Å². The lowest BCUT2D eigenvalue weighted by Crippen LogP contribution is -2.55. The molecule has 0 spiro atoms. The normalized spacial score (nSPS) is 17.8. The number of imidazole rings is 1. The molecule has 0 aliphatic carbocycles. The van der Waals surface area contributed by atoms with Crippen LogP contribution in [-0.2, 0) is 15.9 Å². The first-order chi connectivity index (χ1) is 17.2. The Balaban J connectivity index is 1.78. The van der Waals surface area contributed by atoms with E-state index in [1.54, 1.807) is 6.92 Å². The summed E-state index contributed by atoms with van der Waals surface area (Å²) in [4.78, 5) is 51.8. The number of anilines is 1. The third-order valence-electron chi connectivity index (χ3n) is 5.54. The van der Waals surface area contributed by atoms with Gasteiger partial charge in [-0.05, 0) is 40.5 Å². The van der Waals surface area contributed by atoms with Crippen LogP contribution in [0, 0.1) is 0 Å². The van der Waals surface area contributed by atoms with Crippen LogP contribution in [0.15, 0.2) is 0 Å². The summed E-state index contributed by atoms with van der Waals surface area (Å²) in [6.45, 7) is 10.8. The Morgan fingerprint density at radius 3 is 2.56 bits per heavy atom. The zero-order valence-corrected chi connectivity index (χ0v) is 22.7. The van der Waals surface area contributed by atoms with Crippen molar-refractivity contribution in [1.29, 1.82) is 0 Å². The van der Waals surface area contributed by atoms with Crippen molar-refractivity contribution in [2.75, 3.05) is 31.2 Å². The summed E-state index contributed by atoms with van der Waals surface area (Å²) < 4.78 is 11.1. The van der Waals surface area contributed by atoms with Crippen LogP contribution >= 0.6 is 22.9 Å². The lowest BCUT2D eigenvalue weighted by atomic mass is 10.0. The quantitative estimate of drug-likeness (QED) is 0.391. The highest BCUT2D eigenvalue weighted by atomic mass is 35.5. The molecule has 11 nitrogen and oxygen atoms in total. The fraction of sp³-hybridized carbons (Fsp3) is 0.609. The minimum Gasteiger partial charge on any atom is -0.462 e. The number of hydrogen-bond acceptors (Lipinski definition) is 9. The molecule has 2 atom stereocenters. The Kier molecular flexibility index (Phi) is 9.69. The predicted molar refractivity (Wildman–Crippen MR) is 137 cm³/mol. The Bertz CT molecular complexity index is 1090. The minimum absolute atomic E-state index is 0.0481. The molecule has 36 heavy (non-hydrogen) atoms. The van der Waals surface area contributed by atoms with Crippen LogP contribution in [0.2, 0.25) is 5.15 Å². The van der Waals surface area contributed by atoms with Crippen molar-refractivity contribution in [2.24, 2.45) is 0 Å². The molecule has 3 rings (SSSR count). The highest BCUT2D eigenvalue weighted by Crippen LogP contribution is 2.30. The number of carbonyl (C=O) groups is 3. The summed E-state index contributed by atoms with van der Waals surface area (Å²) >= 11 is 7.20. The molecule has 0 saturated carbocycles. The molecule has 1 fully saturated rings. The van der Waals surface area contributed by atoms with Gasteiger partial charge in [0.05, 0.1) is 24.4 Å². The molecule has 2 amide bonds. The lowest BCUT2D eigenvalue weighted by molar-refractivity contribution is 0.0271. The number of piperidine rings is 1. The number of aryl methyl sites for hydroxylation is 1. The highest BCUT2D eigenvalue weighted by Gasteiger charge is 2.35. The van der Waals surface area contributed by atoms with Crippen LogP contribution in [0.3, 0.4) is 0 Å². The number of ether oxygens (including phenoxy) is 2.